The Balaban J connectivity index is 2.00. The second-order valence-electron chi connectivity index (χ2n) is 6.79. The Labute approximate surface area is 159 Å². The van der Waals surface area contributed by atoms with Crippen molar-refractivity contribution in [1.82, 2.24) is 0 Å². The molecule has 1 saturated heterocycles. The number of aryl methyl sites for hydroxylation is 2. The summed E-state index contributed by atoms with van der Waals surface area (Å²) >= 11 is 0. The molecule has 0 radical (unpaired) electrons. The minimum Gasteiger partial charge on any atom is -0.496 e. The van der Waals surface area contributed by atoms with Crippen molar-refractivity contribution in [2.45, 2.75) is 26.8 Å². The standard InChI is InChI=1S/C22H25NO4/c1-13-6-7-17(11-19(13)27-9-8-24)21-16(4)22(25)23(21)18-10-14(2)15(3)20(12-18)26-5/h6-7,10-12,21,24H,4,8-9H2,1-3,5H3/t21-/m1/s1. The molecule has 142 valence electrons. The van der Waals surface area contributed by atoms with Crippen LogP contribution in [0.15, 0.2) is 42.5 Å². The summed E-state index contributed by atoms with van der Waals surface area (Å²) in [6, 6.07) is 9.48. The van der Waals surface area contributed by atoms with Crippen LogP contribution in [0.3, 0.4) is 0 Å². The van der Waals surface area contributed by atoms with Gasteiger partial charge in [-0.25, -0.2) is 0 Å². The van der Waals surface area contributed by atoms with Crippen LogP contribution in [0.5, 0.6) is 11.5 Å². The van der Waals surface area contributed by atoms with Crippen molar-refractivity contribution >= 4 is 11.6 Å². The Hall–Kier alpha value is -2.79. The summed E-state index contributed by atoms with van der Waals surface area (Å²) in [7, 11) is 1.63. The first-order valence-corrected chi connectivity index (χ1v) is 8.90. The van der Waals surface area contributed by atoms with Crippen LogP contribution in [0.2, 0.25) is 0 Å². The van der Waals surface area contributed by atoms with Gasteiger partial charge in [-0.3, -0.25) is 9.69 Å². The summed E-state index contributed by atoms with van der Waals surface area (Å²) in [5.74, 6) is 1.36. The van der Waals surface area contributed by atoms with Gasteiger partial charge < -0.3 is 14.6 Å². The first-order valence-electron chi connectivity index (χ1n) is 8.90. The quantitative estimate of drug-likeness (QED) is 0.626. The van der Waals surface area contributed by atoms with Gasteiger partial charge in [-0.05, 0) is 55.2 Å². The summed E-state index contributed by atoms with van der Waals surface area (Å²) < 4.78 is 11.1. The Morgan fingerprint density at radius 2 is 1.85 bits per heavy atom. The summed E-state index contributed by atoms with van der Waals surface area (Å²) in [5, 5.41) is 9.02. The molecular formula is C22H25NO4. The highest BCUT2D eigenvalue weighted by Crippen LogP contribution is 2.44. The molecule has 2 aromatic rings. The first kappa shape index (κ1) is 19.0. The van der Waals surface area contributed by atoms with Gasteiger partial charge in [0.25, 0.3) is 5.91 Å². The molecule has 3 rings (SSSR count). The number of methoxy groups -OCH3 is 1. The number of carbonyl (C=O) groups is 1. The average Bonchev–Trinajstić information content (AvgIpc) is 2.67. The number of nitrogens with zero attached hydrogens (tertiary/aromatic N) is 1. The molecule has 0 bridgehead atoms. The molecule has 0 unspecified atom stereocenters. The molecule has 0 saturated carbocycles. The number of rotatable bonds is 6. The van der Waals surface area contributed by atoms with Crippen molar-refractivity contribution < 1.29 is 19.4 Å². The lowest BCUT2D eigenvalue weighted by Gasteiger charge is -2.43. The molecule has 0 spiro atoms. The number of hydrogen-bond donors (Lipinski definition) is 1. The number of carbonyl (C=O) groups excluding carboxylic acids is 1. The smallest absolute Gasteiger partial charge is 0.256 e. The zero-order valence-corrected chi connectivity index (χ0v) is 16.2. The van der Waals surface area contributed by atoms with E-state index in [1.54, 1.807) is 12.0 Å². The fraction of sp³-hybridized carbons (Fsp3) is 0.318. The molecule has 1 amide bonds. The van der Waals surface area contributed by atoms with E-state index in [0.29, 0.717) is 11.3 Å². The lowest BCUT2D eigenvalue weighted by Crippen LogP contribution is -2.48. The van der Waals surface area contributed by atoms with Crippen molar-refractivity contribution in [2.24, 2.45) is 0 Å². The third-order valence-corrected chi connectivity index (χ3v) is 5.06. The zero-order chi connectivity index (χ0) is 19.7. The second kappa shape index (κ2) is 7.45. The number of hydrogen-bond acceptors (Lipinski definition) is 4. The number of β-lactam (4-membered cyclic amide) rings is 1. The topological polar surface area (TPSA) is 59.0 Å². The number of aliphatic hydroxyl groups excluding tert-OH is 1. The first-order chi connectivity index (χ1) is 12.9. The molecule has 1 aliphatic heterocycles. The van der Waals surface area contributed by atoms with Crippen LogP contribution in [0.1, 0.15) is 28.3 Å². The van der Waals surface area contributed by atoms with E-state index >= 15 is 0 Å². The molecular weight excluding hydrogens is 342 g/mol. The van der Waals surface area contributed by atoms with Crippen LogP contribution in [0, 0.1) is 20.8 Å². The molecule has 0 aromatic heterocycles. The molecule has 1 N–H and O–H groups in total. The normalized spacial score (nSPS) is 16.3. The molecule has 5 nitrogen and oxygen atoms in total. The van der Waals surface area contributed by atoms with Gasteiger partial charge in [0.15, 0.2) is 0 Å². The predicted molar refractivity (Wildman–Crippen MR) is 106 cm³/mol. The maximum Gasteiger partial charge on any atom is 0.256 e. The maximum atomic E-state index is 12.6. The summed E-state index contributed by atoms with van der Waals surface area (Å²) in [5.41, 5.74) is 5.35. The SMILES string of the molecule is C=C1C(=O)N(c2cc(C)c(C)c(OC)c2)[C@H]1c1ccc(C)c(OCCO)c1. The average molecular weight is 367 g/mol. The molecule has 2 aromatic carbocycles. The van der Waals surface area contributed by atoms with E-state index in [1.807, 2.05) is 51.1 Å². The van der Waals surface area contributed by atoms with Crippen LogP contribution in [-0.2, 0) is 4.79 Å². The molecule has 5 heteroatoms. The van der Waals surface area contributed by atoms with Crippen molar-refractivity contribution in [2.75, 3.05) is 25.2 Å². The highest BCUT2D eigenvalue weighted by atomic mass is 16.5. The third kappa shape index (κ3) is 3.30. The minimum absolute atomic E-state index is 0.0488. The van der Waals surface area contributed by atoms with Crippen LogP contribution in [0.25, 0.3) is 0 Å². The van der Waals surface area contributed by atoms with Crippen molar-refractivity contribution in [3.05, 3.63) is 64.7 Å². The van der Waals surface area contributed by atoms with Gasteiger partial charge in [-0.2, -0.15) is 0 Å². The Morgan fingerprint density at radius 3 is 2.52 bits per heavy atom. The van der Waals surface area contributed by atoms with E-state index in [9.17, 15) is 4.79 Å². The Morgan fingerprint density at radius 1 is 1.11 bits per heavy atom. The van der Waals surface area contributed by atoms with E-state index in [4.69, 9.17) is 14.6 Å². The zero-order valence-electron chi connectivity index (χ0n) is 16.2. The maximum absolute atomic E-state index is 12.6. The van der Waals surface area contributed by atoms with Crippen molar-refractivity contribution in [3.63, 3.8) is 0 Å². The highest BCUT2D eigenvalue weighted by Gasteiger charge is 2.43. The van der Waals surface area contributed by atoms with Gasteiger partial charge in [0.2, 0.25) is 0 Å². The number of aliphatic hydroxyl groups is 1. The largest absolute Gasteiger partial charge is 0.496 e. The van der Waals surface area contributed by atoms with E-state index in [2.05, 4.69) is 6.58 Å². The molecule has 0 aliphatic carbocycles. The molecule has 1 heterocycles. The van der Waals surface area contributed by atoms with Gasteiger partial charge >= 0.3 is 0 Å². The van der Waals surface area contributed by atoms with Crippen LogP contribution in [-0.4, -0.2) is 31.3 Å². The van der Waals surface area contributed by atoms with E-state index in [1.165, 1.54) is 0 Å². The van der Waals surface area contributed by atoms with Gasteiger partial charge in [-0.1, -0.05) is 18.7 Å². The van der Waals surface area contributed by atoms with Gasteiger partial charge in [-0.15, -0.1) is 0 Å². The highest BCUT2D eigenvalue weighted by molar-refractivity contribution is 6.15. The summed E-state index contributed by atoms with van der Waals surface area (Å²) in [4.78, 5) is 14.3. The van der Waals surface area contributed by atoms with E-state index in [-0.39, 0.29) is 25.2 Å². The lowest BCUT2D eigenvalue weighted by atomic mass is 9.87. The summed E-state index contributed by atoms with van der Waals surface area (Å²) in [6.45, 7) is 10.1. The Bertz CT molecular complexity index is 903. The third-order valence-electron chi connectivity index (χ3n) is 5.06. The van der Waals surface area contributed by atoms with Crippen LogP contribution in [0.4, 0.5) is 5.69 Å². The second-order valence-corrected chi connectivity index (χ2v) is 6.79. The fourth-order valence-electron chi connectivity index (χ4n) is 3.35. The Kier molecular flexibility index (Phi) is 5.24. The number of ether oxygens (including phenoxy) is 2. The van der Waals surface area contributed by atoms with Gasteiger partial charge in [0, 0.05) is 17.3 Å². The molecule has 1 atom stereocenters. The van der Waals surface area contributed by atoms with Gasteiger partial charge in [0.05, 0.1) is 19.8 Å². The number of anilines is 1. The molecule has 1 aliphatic rings. The number of amides is 1. The van der Waals surface area contributed by atoms with E-state index in [0.717, 1.165) is 33.7 Å². The van der Waals surface area contributed by atoms with Crippen molar-refractivity contribution in [1.29, 1.82) is 0 Å². The fourth-order valence-corrected chi connectivity index (χ4v) is 3.35. The monoisotopic (exact) mass is 367 g/mol. The minimum atomic E-state index is -0.249. The van der Waals surface area contributed by atoms with Gasteiger partial charge in [0.1, 0.15) is 18.1 Å². The lowest BCUT2D eigenvalue weighted by molar-refractivity contribution is -0.118. The molecule has 1 fully saturated rings. The van der Waals surface area contributed by atoms with Crippen molar-refractivity contribution in [3.8, 4) is 11.5 Å². The molecule has 27 heavy (non-hydrogen) atoms. The van der Waals surface area contributed by atoms with Crippen LogP contribution >= 0.6 is 0 Å². The van der Waals surface area contributed by atoms with E-state index < -0.39 is 0 Å². The number of benzene rings is 2. The van der Waals surface area contributed by atoms with Crippen LogP contribution < -0.4 is 14.4 Å². The summed E-state index contributed by atoms with van der Waals surface area (Å²) in [6.07, 6.45) is 0. The predicted octanol–water partition coefficient (Wildman–Crippen LogP) is 3.64.